The lowest BCUT2D eigenvalue weighted by Gasteiger charge is -2.06. The summed E-state index contributed by atoms with van der Waals surface area (Å²) in [5.74, 6) is 0.342. The van der Waals surface area contributed by atoms with Crippen LogP contribution in [0.3, 0.4) is 0 Å². The Kier molecular flexibility index (Phi) is 3.44. The van der Waals surface area contributed by atoms with Crippen molar-refractivity contribution >= 4 is 0 Å². The second-order valence-electron chi connectivity index (χ2n) is 4.26. The Hall–Kier alpha value is -1.81. The zero-order chi connectivity index (χ0) is 12.3. The van der Waals surface area contributed by atoms with E-state index < -0.39 is 0 Å². The predicted octanol–water partition coefficient (Wildman–Crippen LogP) is 1.72. The van der Waals surface area contributed by atoms with E-state index in [1.54, 1.807) is 10.7 Å². The van der Waals surface area contributed by atoms with E-state index in [2.05, 4.69) is 10.4 Å². The smallest absolute Gasteiger partial charge is 0.120 e. The number of aromatic nitrogens is 2. The molecule has 4 heteroatoms. The molecule has 1 aromatic heterocycles. The van der Waals surface area contributed by atoms with Crippen LogP contribution in [-0.2, 0) is 20.1 Å². The van der Waals surface area contributed by atoms with Crippen molar-refractivity contribution in [2.75, 3.05) is 0 Å². The number of rotatable bonds is 4. The van der Waals surface area contributed by atoms with Crippen molar-refractivity contribution < 1.29 is 5.11 Å². The van der Waals surface area contributed by atoms with Gasteiger partial charge in [-0.3, -0.25) is 4.68 Å². The summed E-state index contributed by atoms with van der Waals surface area (Å²) in [5.41, 5.74) is 3.22. The van der Waals surface area contributed by atoms with Gasteiger partial charge in [0.15, 0.2) is 0 Å². The number of phenolic OH excluding ortho intramolecular Hbond substituents is 1. The third-order valence-electron chi connectivity index (χ3n) is 2.64. The first kappa shape index (κ1) is 11.7. The zero-order valence-electron chi connectivity index (χ0n) is 10.1. The molecular weight excluding hydrogens is 214 g/mol. The zero-order valence-corrected chi connectivity index (χ0v) is 10.1. The first-order valence-corrected chi connectivity index (χ1v) is 5.62. The molecule has 0 bridgehead atoms. The van der Waals surface area contributed by atoms with Gasteiger partial charge in [0.2, 0.25) is 0 Å². The first-order valence-electron chi connectivity index (χ1n) is 5.62. The average molecular weight is 231 g/mol. The molecule has 0 unspecified atom stereocenters. The molecule has 1 heterocycles. The minimum Gasteiger partial charge on any atom is -0.508 e. The fraction of sp³-hybridized carbons (Fsp3) is 0.308. The molecular formula is C13H17N3O. The molecule has 0 aliphatic carbocycles. The molecule has 17 heavy (non-hydrogen) atoms. The predicted molar refractivity (Wildman–Crippen MR) is 66.6 cm³/mol. The van der Waals surface area contributed by atoms with E-state index in [0.29, 0.717) is 12.3 Å². The number of nitrogens with zero attached hydrogens (tertiary/aromatic N) is 2. The van der Waals surface area contributed by atoms with E-state index >= 15 is 0 Å². The Balaban J connectivity index is 1.91. The van der Waals surface area contributed by atoms with Gasteiger partial charge in [0.25, 0.3) is 0 Å². The van der Waals surface area contributed by atoms with Crippen LogP contribution >= 0.6 is 0 Å². The molecule has 0 amide bonds. The van der Waals surface area contributed by atoms with Gasteiger partial charge >= 0.3 is 0 Å². The van der Waals surface area contributed by atoms with Crippen molar-refractivity contribution in [1.29, 1.82) is 0 Å². The first-order chi connectivity index (χ1) is 8.15. The fourth-order valence-corrected chi connectivity index (χ4v) is 1.76. The van der Waals surface area contributed by atoms with Gasteiger partial charge in [0.1, 0.15) is 5.75 Å². The number of aryl methyl sites for hydroxylation is 2. The van der Waals surface area contributed by atoms with Crippen molar-refractivity contribution in [1.82, 2.24) is 15.1 Å². The maximum atomic E-state index is 9.68. The van der Waals surface area contributed by atoms with Crippen LogP contribution in [-0.4, -0.2) is 14.9 Å². The van der Waals surface area contributed by atoms with Gasteiger partial charge in [-0.15, -0.1) is 0 Å². The van der Waals surface area contributed by atoms with Crippen molar-refractivity contribution in [3.05, 3.63) is 47.3 Å². The molecule has 2 N–H and O–H groups in total. The van der Waals surface area contributed by atoms with E-state index in [1.165, 1.54) is 0 Å². The topological polar surface area (TPSA) is 50.1 Å². The number of benzene rings is 1. The van der Waals surface area contributed by atoms with Gasteiger partial charge in [-0.2, -0.15) is 5.10 Å². The lowest BCUT2D eigenvalue weighted by Crippen LogP contribution is -2.12. The largest absolute Gasteiger partial charge is 0.508 e. The van der Waals surface area contributed by atoms with Gasteiger partial charge < -0.3 is 10.4 Å². The van der Waals surface area contributed by atoms with E-state index in [9.17, 15) is 5.11 Å². The molecule has 0 spiro atoms. The quantitative estimate of drug-likeness (QED) is 0.842. The summed E-state index contributed by atoms with van der Waals surface area (Å²) in [7, 11) is 1.90. The monoisotopic (exact) mass is 231 g/mol. The molecule has 0 saturated heterocycles. The molecule has 90 valence electrons. The molecule has 0 fully saturated rings. The van der Waals surface area contributed by atoms with Gasteiger partial charge in [0.05, 0.1) is 6.20 Å². The van der Waals surface area contributed by atoms with E-state index in [4.69, 9.17) is 0 Å². The minimum atomic E-state index is 0.342. The van der Waals surface area contributed by atoms with Gasteiger partial charge in [0, 0.05) is 37.5 Å². The Morgan fingerprint density at radius 1 is 1.35 bits per heavy atom. The molecule has 2 rings (SSSR count). The summed E-state index contributed by atoms with van der Waals surface area (Å²) in [6, 6.07) is 5.63. The van der Waals surface area contributed by atoms with Gasteiger partial charge in [-0.25, -0.2) is 0 Å². The van der Waals surface area contributed by atoms with Crippen LogP contribution in [0.2, 0.25) is 0 Å². The summed E-state index contributed by atoms with van der Waals surface area (Å²) < 4.78 is 1.78. The van der Waals surface area contributed by atoms with Crippen LogP contribution < -0.4 is 5.32 Å². The lowest BCUT2D eigenvalue weighted by molar-refractivity contribution is 0.464. The van der Waals surface area contributed by atoms with Crippen molar-refractivity contribution in [2.45, 2.75) is 20.0 Å². The van der Waals surface area contributed by atoms with Crippen molar-refractivity contribution in [3.8, 4) is 5.75 Å². The summed E-state index contributed by atoms with van der Waals surface area (Å²) in [6.45, 7) is 3.42. The normalized spacial score (nSPS) is 10.7. The molecule has 1 aromatic carbocycles. The summed E-state index contributed by atoms with van der Waals surface area (Å²) in [4.78, 5) is 0. The lowest BCUT2D eigenvalue weighted by atomic mass is 10.1. The third kappa shape index (κ3) is 3.07. The van der Waals surface area contributed by atoms with Crippen molar-refractivity contribution in [2.24, 2.45) is 7.05 Å². The van der Waals surface area contributed by atoms with Gasteiger partial charge in [-0.05, 0) is 13.0 Å². The molecule has 0 aliphatic heterocycles. The standard InChI is InChI=1S/C13H17N3O/c1-10-3-4-13(17)12(5-10)8-14-6-11-7-15-16(2)9-11/h3-5,7,9,14,17H,6,8H2,1-2H3. The van der Waals surface area contributed by atoms with Crippen LogP contribution in [0.1, 0.15) is 16.7 Å². The molecule has 0 radical (unpaired) electrons. The SMILES string of the molecule is Cc1ccc(O)c(CNCc2cnn(C)c2)c1. The second kappa shape index (κ2) is 5.01. The Morgan fingerprint density at radius 3 is 2.88 bits per heavy atom. The number of hydrogen-bond donors (Lipinski definition) is 2. The number of aromatic hydroxyl groups is 1. The second-order valence-corrected chi connectivity index (χ2v) is 4.26. The van der Waals surface area contributed by atoms with Crippen LogP contribution in [0, 0.1) is 6.92 Å². The Bertz CT molecular complexity index is 505. The third-order valence-corrected chi connectivity index (χ3v) is 2.64. The maximum absolute atomic E-state index is 9.68. The molecule has 0 saturated carbocycles. The van der Waals surface area contributed by atoms with E-state index in [0.717, 1.165) is 23.2 Å². The Morgan fingerprint density at radius 2 is 2.18 bits per heavy atom. The van der Waals surface area contributed by atoms with Crippen LogP contribution in [0.25, 0.3) is 0 Å². The summed E-state index contributed by atoms with van der Waals surface area (Å²) >= 11 is 0. The van der Waals surface area contributed by atoms with Crippen LogP contribution in [0.4, 0.5) is 0 Å². The van der Waals surface area contributed by atoms with E-state index in [-0.39, 0.29) is 0 Å². The number of nitrogens with one attached hydrogen (secondary N) is 1. The summed E-state index contributed by atoms with van der Waals surface area (Å²) in [5, 5.41) is 17.1. The number of hydrogen-bond acceptors (Lipinski definition) is 3. The highest BCUT2D eigenvalue weighted by atomic mass is 16.3. The molecule has 4 nitrogen and oxygen atoms in total. The molecule has 2 aromatic rings. The van der Waals surface area contributed by atoms with Crippen LogP contribution in [0.15, 0.2) is 30.6 Å². The summed E-state index contributed by atoms with van der Waals surface area (Å²) in [6.07, 6.45) is 3.81. The minimum absolute atomic E-state index is 0.342. The van der Waals surface area contributed by atoms with Crippen LogP contribution in [0.5, 0.6) is 5.75 Å². The van der Waals surface area contributed by atoms with Crippen molar-refractivity contribution in [3.63, 3.8) is 0 Å². The highest BCUT2D eigenvalue weighted by Gasteiger charge is 2.01. The molecule has 0 atom stereocenters. The highest BCUT2D eigenvalue weighted by Crippen LogP contribution is 2.17. The van der Waals surface area contributed by atoms with Gasteiger partial charge in [-0.1, -0.05) is 17.7 Å². The van der Waals surface area contributed by atoms with E-state index in [1.807, 2.05) is 38.5 Å². The maximum Gasteiger partial charge on any atom is 0.120 e. The molecule has 0 aliphatic rings. The fourth-order valence-electron chi connectivity index (χ4n) is 1.76. The number of phenols is 1. The average Bonchev–Trinajstić information content (AvgIpc) is 2.69. The Labute approximate surface area is 101 Å². The highest BCUT2D eigenvalue weighted by molar-refractivity contribution is 5.35.